The fourth-order valence-corrected chi connectivity index (χ4v) is 5.88. The van der Waals surface area contributed by atoms with E-state index in [1.54, 1.807) is 15.4 Å². The Kier molecular flexibility index (Phi) is 6.57. The number of aryl methyl sites for hydroxylation is 2. The van der Waals surface area contributed by atoms with Crippen molar-refractivity contribution in [3.05, 3.63) is 70.1 Å². The number of fused-ring (bicyclic) bond motifs is 2. The van der Waals surface area contributed by atoms with Crippen molar-refractivity contribution in [2.75, 3.05) is 29.1 Å². The van der Waals surface area contributed by atoms with Crippen LogP contribution in [0.1, 0.15) is 37.4 Å². The number of para-hydroxylation sites is 1. The molecule has 5 rings (SSSR count). The summed E-state index contributed by atoms with van der Waals surface area (Å²) in [6.07, 6.45) is 1.78. The van der Waals surface area contributed by atoms with Gasteiger partial charge in [0.15, 0.2) is 10.8 Å². The maximum Gasteiger partial charge on any atom is 0.265 e. The number of hydrogen-bond acceptors (Lipinski definition) is 6. The maximum atomic E-state index is 13.4. The van der Waals surface area contributed by atoms with Gasteiger partial charge >= 0.3 is 0 Å². The van der Waals surface area contributed by atoms with Crippen LogP contribution in [0.4, 0.5) is 11.4 Å². The summed E-state index contributed by atoms with van der Waals surface area (Å²) in [5.74, 6) is 0.509. The Morgan fingerprint density at radius 3 is 2.64 bits per heavy atom. The lowest BCUT2D eigenvalue weighted by Crippen LogP contribution is -2.28. The van der Waals surface area contributed by atoms with Crippen molar-refractivity contribution in [3.8, 4) is 5.69 Å². The van der Waals surface area contributed by atoms with Crippen molar-refractivity contribution in [1.29, 1.82) is 0 Å². The Balaban J connectivity index is 1.38. The van der Waals surface area contributed by atoms with E-state index in [9.17, 15) is 9.59 Å². The third kappa shape index (κ3) is 4.28. The number of hydrogen-bond donors (Lipinski definition) is 1. The predicted molar refractivity (Wildman–Crippen MR) is 146 cm³/mol. The molecule has 1 aliphatic rings. The number of carbonyl (C=O) groups excluding carboxylic acids is 1. The molecule has 1 unspecified atom stereocenters. The molecular weight excluding hydrogens is 472 g/mol. The van der Waals surface area contributed by atoms with Crippen LogP contribution in [0.2, 0.25) is 0 Å². The second-order valence-corrected chi connectivity index (χ2v) is 10.0. The largest absolute Gasteiger partial charge is 0.372 e. The molecule has 0 radical (unpaired) electrons. The van der Waals surface area contributed by atoms with Gasteiger partial charge in [-0.05, 0) is 63.1 Å². The molecule has 0 spiro atoms. The van der Waals surface area contributed by atoms with Gasteiger partial charge in [0.2, 0.25) is 5.91 Å². The fourth-order valence-electron chi connectivity index (χ4n) is 4.75. The monoisotopic (exact) mass is 502 g/mol. The Morgan fingerprint density at radius 2 is 1.92 bits per heavy atom. The quantitative estimate of drug-likeness (QED) is 0.368. The van der Waals surface area contributed by atoms with Gasteiger partial charge in [-0.1, -0.05) is 30.0 Å². The maximum absolute atomic E-state index is 13.4. The van der Waals surface area contributed by atoms with Crippen LogP contribution in [0.25, 0.3) is 16.7 Å². The lowest BCUT2D eigenvalue weighted by atomic mass is 10.1. The molecule has 36 heavy (non-hydrogen) atoms. The molecular formula is C27H30N6O2S. The Hall–Kier alpha value is -3.59. The first kappa shape index (κ1) is 24.1. The zero-order chi connectivity index (χ0) is 25.4. The number of amides is 1. The molecule has 2 aromatic heterocycles. The van der Waals surface area contributed by atoms with Gasteiger partial charge in [0.25, 0.3) is 5.56 Å². The highest BCUT2D eigenvalue weighted by Gasteiger charge is 2.30. The van der Waals surface area contributed by atoms with Gasteiger partial charge in [0, 0.05) is 36.6 Å². The summed E-state index contributed by atoms with van der Waals surface area (Å²) in [7, 11) is 0. The van der Waals surface area contributed by atoms with Crippen LogP contribution < -0.4 is 15.8 Å². The molecule has 0 bridgehead atoms. The van der Waals surface area contributed by atoms with Gasteiger partial charge in [0.05, 0.1) is 17.9 Å². The Labute approximate surface area is 214 Å². The van der Waals surface area contributed by atoms with Crippen LogP contribution in [-0.2, 0) is 4.79 Å². The molecule has 8 nitrogen and oxygen atoms in total. The molecule has 186 valence electrons. The Morgan fingerprint density at radius 1 is 1.14 bits per heavy atom. The summed E-state index contributed by atoms with van der Waals surface area (Å²) in [5.41, 5.74) is 5.28. The number of thioether (sulfide) groups is 1. The SMILES string of the molecule is CCN(CC)c1ccc(NC(=O)CC2CSc3nc4c(cnn4-c4ccccc4C)c(=O)n32)c(C)c1. The molecule has 0 fully saturated rings. The normalized spacial score (nSPS) is 14.7. The topological polar surface area (TPSA) is 85.1 Å². The molecule has 0 saturated carbocycles. The first-order valence-corrected chi connectivity index (χ1v) is 13.2. The van der Waals surface area contributed by atoms with E-state index >= 15 is 0 Å². The molecule has 1 atom stereocenters. The molecule has 4 aromatic rings. The zero-order valence-electron chi connectivity index (χ0n) is 21.0. The lowest BCUT2D eigenvalue weighted by molar-refractivity contribution is -0.116. The predicted octanol–water partition coefficient (Wildman–Crippen LogP) is 4.72. The number of nitrogens with zero attached hydrogens (tertiary/aromatic N) is 5. The van der Waals surface area contributed by atoms with Crippen LogP contribution >= 0.6 is 11.8 Å². The van der Waals surface area contributed by atoms with E-state index in [0.717, 1.165) is 41.3 Å². The van der Waals surface area contributed by atoms with E-state index in [2.05, 4.69) is 35.2 Å². The summed E-state index contributed by atoms with van der Waals surface area (Å²) in [5, 5.41) is 8.58. The smallest absolute Gasteiger partial charge is 0.265 e. The molecule has 0 saturated heterocycles. The van der Waals surface area contributed by atoms with E-state index in [1.807, 2.05) is 50.2 Å². The van der Waals surface area contributed by atoms with Gasteiger partial charge in [-0.25, -0.2) is 9.67 Å². The van der Waals surface area contributed by atoms with Crippen LogP contribution in [0, 0.1) is 13.8 Å². The molecule has 1 amide bonds. The third-order valence-electron chi connectivity index (χ3n) is 6.75. The number of nitrogens with one attached hydrogen (secondary N) is 1. The summed E-state index contributed by atoms with van der Waals surface area (Å²) >= 11 is 1.50. The molecule has 1 aliphatic heterocycles. The number of aromatic nitrogens is 4. The van der Waals surface area contributed by atoms with Gasteiger partial charge in [0.1, 0.15) is 5.39 Å². The van der Waals surface area contributed by atoms with Gasteiger partial charge in [-0.3, -0.25) is 14.2 Å². The van der Waals surface area contributed by atoms with Crippen LogP contribution in [0.3, 0.4) is 0 Å². The molecule has 1 N–H and O–H groups in total. The molecule has 9 heteroatoms. The first-order chi connectivity index (χ1) is 17.4. The lowest BCUT2D eigenvalue weighted by Gasteiger charge is -2.22. The van der Waals surface area contributed by atoms with Crippen molar-refractivity contribution >= 4 is 40.1 Å². The van der Waals surface area contributed by atoms with E-state index in [4.69, 9.17) is 4.98 Å². The average molecular weight is 503 g/mol. The van der Waals surface area contributed by atoms with E-state index < -0.39 is 0 Å². The highest BCUT2D eigenvalue weighted by Crippen LogP contribution is 2.34. The molecule has 3 heterocycles. The third-order valence-corrected chi connectivity index (χ3v) is 7.85. The van der Waals surface area contributed by atoms with Crippen molar-refractivity contribution in [2.24, 2.45) is 0 Å². The Bertz CT molecular complexity index is 1500. The highest BCUT2D eigenvalue weighted by atomic mass is 32.2. The van der Waals surface area contributed by atoms with Gasteiger partial charge in [-0.2, -0.15) is 5.10 Å². The van der Waals surface area contributed by atoms with Crippen molar-refractivity contribution < 1.29 is 4.79 Å². The minimum Gasteiger partial charge on any atom is -0.372 e. The second-order valence-electron chi connectivity index (χ2n) is 9.04. The zero-order valence-corrected chi connectivity index (χ0v) is 21.8. The number of rotatable bonds is 7. The number of carbonyl (C=O) groups is 1. The van der Waals surface area contributed by atoms with E-state index in [-0.39, 0.29) is 23.9 Å². The highest BCUT2D eigenvalue weighted by molar-refractivity contribution is 7.99. The number of benzene rings is 2. The van der Waals surface area contributed by atoms with E-state index in [0.29, 0.717) is 21.9 Å². The van der Waals surface area contributed by atoms with Gasteiger partial charge in [-0.15, -0.1) is 0 Å². The van der Waals surface area contributed by atoms with Crippen molar-refractivity contribution in [3.63, 3.8) is 0 Å². The summed E-state index contributed by atoms with van der Waals surface area (Å²) in [4.78, 5) is 33.5. The van der Waals surface area contributed by atoms with Crippen molar-refractivity contribution in [2.45, 2.75) is 45.3 Å². The average Bonchev–Trinajstić information content (AvgIpc) is 3.47. The fraction of sp³-hybridized carbons (Fsp3) is 0.333. The van der Waals surface area contributed by atoms with Crippen LogP contribution in [0.5, 0.6) is 0 Å². The van der Waals surface area contributed by atoms with E-state index in [1.165, 1.54) is 11.8 Å². The minimum atomic E-state index is -0.258. The standard InChI is InChI=1S/C27H30N6O2S/c1-5-31(6-2)19-11-12-22(18(4)13-19)29-24(34)14-20-16-36-27-30-25-21(26(35)32(20)27)15-28-33(25)23-10-8-7-9-17(23)3/h7-13,15,20H,5-6,14,16H2,1-4H3,(H,29,34). The van der Waals surface area contributed by atoms with Crippen LogP contribution in [0.15, 0.2) is 58.6 Å². The number of anilines is 2. The van der Waals surface area contributed by atoms with Crippen LogP contribution in [-0.4, -0.2) is 44.1 Å². The first-order valence-electron chi connectivity index (χ1n) is 12.3. The summed E-state index contributed by atoms with van der Waals surface area (Å²) in [6, 6.07) is 13.7. The summed E-state index contributed by atoms with van der Waals surface area (Å²) < 4.78 is 3.38. The summed E-state index contributed by atoms with van der Waals surface area (Å²) in [6.45, 7) is 10.1. The second kappa shape index (κ2) is 9.81. The molecule has 2 aromatic carbocycles. The van der Waals surface area contributed by atoms with Crippen molar-refractivity contribution in [1.82, 2.24) is 19.3 Å². The molecule has 0 aliphatic carbocycles. The van der Waals surface area contributed by atoms with Gasteiger partial charge < -0.3 is 10.2 Å². The minimum absolute atomic E-state index is 0.116.